The molecule has 1 N–H and O–H groups in total. The van der Waals surface area contributed by atoms with E-state index in [-0.39, 0.29) is 12.1 Å². The summed E-state index contributed by atoms with van der Waals surface area (Å²) >= 11 is 0. The topological polar surface area (TPSA) is 65.1 Å². The SMILES string of the molecule is C=Cc1nn(C2CCCCO2)c2ccc(-c3c(C#C[Si](C(C)C)(C(C)C)C(C)C)nn(C)c3O)cc12. The highest BCUT2D eigenvalue weighted by atomic mass is 28.3. The van der Waals surface area contributed by atoms with E-state index in [1.807, 2.05) is 10.7 Å². The van der Waals surface area contributed by atoms with Gasteiger partial charge in [0.25, 0.3) is 0 Å². The van der Waals surface area contributed by atoms with Gasteiger partial charge >= 0.3 is 0 Å². The van der Waals surface area contributed by atoms with E-state index in [9.17, 15) is 5.11 Å². The van der Waals surface area contributed by atoms with Crippen LogP contribution in [0.15, 0.2) is 24.8 Å². The van der Waals surface area contributed by atoms with Crippen LogP contribution in [-0.4, -0.2) is 39.3 Å². The first kappa shape index (κ1) is 26.2. The number of ether oxygens (including phenoxy) is 1. The summed E-state index contributed by atoms with van der Waals surface area (Å²) in [5.74, 6) is 3.57. The van der Waals surface area contributed by atoms with Gasteiger partial charge in [-0.15, -0.1) is 5.54 Å². The number of aromatic hydroxyl groups is 1. The first-order chi connectivity index (χ1) is 17.1. The van der Waals surface area contributed by atoms with Crippen LogP contribution >= 0.6 is 0 Å². The average Bonchev–Trinajstić information content (AvgIpc) is 3.35. The zero-order chi connectivity index (χ0) is 26.2. The quantitative estimate of drug-likeness (QED) is 0.288. The Balaban J connectivity index is 1.85. The Morgan fingerprint density at radius 1 is 1.11 bits per heavy atom. The Hall–Kier alpha value is -2.82. The predicted octanol–water partition coefficient (Wildman–Crippen LogP) is 7.05. The molecule has 7 heteroatoms. The van der Waals surface area contributed by atoms with Crippen molar-refractivity contribution in [1.29, 1.82) is 0 Å². The first-order valence-corrected chi connectivity index (χ1v) is 15.4. The molecule has 0 aliphatic carbocycles. The molecule has 2 aromatic heterocycles. The summed E-state index contributed by atoms with van der Waals surface area (Å²) in [7, 11) is -0.191. The molecule has 3 heterocycles. The van der Waals surface area contributed by atoms with Crippen LogP contribution in [0.25, 0.3) is 28.1 Å². The molecule has 0 amide bonds. The smallest absolute Gasteiger partial charge is 0.218 e. The molecule has 3 aromatic rings. The zero-order valence-corrected chi connectivity index (χ0v) is 23.8. The van der Waals surface area contributed by atoms with E-state index in [1.54, 1.807) is 13.1 Å². The third-order valence-electron chi connectivity index (χ3n) is 7.93. The van der Waals surface area contributed by atoms with E-state index in [2.05, 4.69) is 76.8 Å². The molecular weight excluding hydrogens is 464 g/mol. The summed E-state index contributed by atoms with van der Waals surface area (Å²) in [5, 5.41) is 21.4. The molecule has 0 saturated carbocycles. The fraction of sp³-hybridized carbons (Fsp3) is 0.517. The van der Waals surface area contributed by atoms with Crippen LogP contribution in [0, 0.1) is 11.5 Å². The van der Waals surface area contributed by atoms with Gasteiger partial charge in [-0.25, -0.2) is 9.36 Å². The molecule has 1 aromatic carbocycles. The van der Waals surface area contributed by atoms with Gasteiger partial charge in [-0.1, -0.05) is 60.1 Å². The number of aromatic nitrogens is 4. The van der Waals surface area contributed by atoms with Gasteiger partial charge < -0.3 is 9.84 Å². The maximum Gasteiger partial charge on any atom is 0.218 e. The van der Waals surface area contributed by atoms with Crippen LogP contribution in [0.1, 0.15) is 78.4 Å². The highest BCUT2D eigenvalue weighted by Crippen LogP contribution is 2.41. The van der Waals surface area contributed by atoms with Gasteiger partial charge in [0.2, 0.25) is 5.88 Å². The maximum atomic E-state index is 11.0. The van der Waals surface area contributed by atoms with E-state index in [0.717, 1.165) is 48.0 Å². The van der Waals surface area contributed by atoms with Gasteiger partial charge in [0.15, 0.2) is 6.23 Å². The summed E-state index contributed by atoms with van der Waals surface area (Å²) in [6.45, 7) is 18.6. The van der Waals surface area contributed by atoms with Gasteiger partial charge in [-0.3, -0.25) is 0 Å². The number of fused-ring (bicyclic) bond motifs is 1. The van der Waals surface area contributed by atoms with E-state index >= 15 is 0 Å². The lowest BCUT2D eigenvalue weighted by molar-refractivity contribution is -0.0367. The largest absolute Gasteiger partial charge is 0.493 e. The first-order valence-electron chi connectivity index (χ1n) is 13.2. The fourth-order valence-corrected chi connectivity index (χ4v) is 11.3. The van der Waals surface area contributed by atoms with E-state index in [4.69, 9.17) is 9.84 Å². The van der Waals surface area contributed by atoms with Gasteiger partial charge in [-0.05, 0) is 59.7 Å². The maximum absolute atomic E-state index is 11.0. The van der Waals surface area contributed by atoms with Gasteiger partial charge in [0.1, 0.15) is 13.8 Å². The van der Waals surface area contributed by atoms with Crippen LogP contribution < -0.4 is 0 Å². The Morgan fingerprint density at radius 3 is 2.39 bits per heavy atom. The number of nitrogens with zero attached hydrogens (tertiary/aromatic N) is 4. The number of hydrogen-bond acceptors (Lipinski definition) is 4. The highest BCUT2D eigenvalue weighted by molar-refractivity contribution is 6.90. The second-order valence-electron chi connectivity index (χ2n) is 10.9. The van der Waals surface area contributed by atoms with Gasteiger partial charge in [0.05, 0.1) is 16.8 Å². The summed E-state index contributed by atoms with van der Waals surface area (Å²) in [6, 6.07) is 6.15. The molecule has 192 valence electrons. The number of hydrogen-bond donors (Lipinski definition) is 1. The predicted molar refractivity (Wildman–Crippen MR) is 150 cm³/mol. The molecule has 1 atom stereocenters. The molecule has 1 saturated heterocycles. The normalized spacial score (nSPS) is 16.7. The monoisotopic (exact) mass is 504 g/mol. The number of aryl methyl sites for hydroxylation is 1. The lowest BCUT2D eigenvalue weighted by Crippen LogP contribution is -2.43. The van der Waals surface area contributed by atoms with Crippen molar-refractivity contribution in [2.24, 2.45) is 7.05 Å². The molecule has 0 spiro atoms. The zero-order valence-electron chi connectivity index (χ0n) is 22.8. The lowest BCUT2D eigenvalue weighted by atomic mass is 10.0. The van der Waals surface area contributed by atoms with Crippen LogP contribution in [0.5, 0.6) is 5.88 Å². The number of benzene rings is 1. The molecule has 1 fully saturated rings. The Kier molecular flexibility index (Phi) is 7.49. The summed E-state index contributed by atoms with van der Waals surface area (Å²) < 4.78 is 9.50. The minimum Gasteiger partial charge on any atom is -0.493 e. The molecule has 36 heavy (non-hydrogen) atoms. The average molecular weight is 505 g/mol. The van der Waals surface area contributed by atoms with Gasteiger partial charge in [0, 0.05) is 19.0 Å². The third kappa shape index (κ3) is 4.42. The van der Waals surface area contributed by atoms with E-state index in [0.29, 0.717) is 27.9 Å². The Morgan fingerprint density at radius 2 is 1.81 bits per heavy atom. The van der Waals surface area contributed by atoms with Crippen molar-refractivity contribution in [2.45, 2.75) is 83.7 Å². The van der Waals surface area contributed by atoms with Crippen LogP contribution in [-0.2, 0) is 11.8 Å². The summed E-state index contributed by atoms with van der Waals surface area (Å²) in [6.07, 6.45) is 4.89. The second-order valence-corrected chi connectivity index (χ2v) is 16.5. The van der Waals surface area contributed by atoms with Crippen molar-refractivity contribution < 1.29 is 9.84 Å². The van der Waals surface area contributed by atoms with Crippen LogP contribution in [0.2, 0.25) is 16.6 Å². The molecule has 0 bridgehead atoms. The third-order valence-corrected chi connectivity index (χ3v) is 14.2. The molecule has 1 unspecified atom stereocenters. The summed E-state index contributed by atoms with van der Waals surface area (Å²) in [5.41, 5.74) is 9.29. The second kappa shape index (κ2) is 10.3. The Labute approximate surface area is 216 Å². The van der Waals surface area contributed by atoms with Crippen molar-refractivity contribution >= 4 is 25.1 Å². The van der Waals surface area contributed by atoms with E-state index in [1.165, 1.54) is 4.68 Å². The van der Waals surface area contributed by atoms with Crippen LogP contribution in [0.3, 0.4) is 0 Å². The molecule has 1 aliphatic heterocycles. The minimum atomic E-state index is -1.95. The van der Waals surface area contributed by atoms with Crippen molar-refractivity contribution in [1.82, 2.24) is 19.6 Å². The van der Waals surface area contributed by atoms with Crippen LogP contribution in [0.4, 0.5) is 0 Å². The molecule has 4 rings (SSSR count). The Bertz CT molecular complexity index is 1290. The summed E-state index contributed by atoms with van der Waals surface area (Å²) in [4.78, 5) is 0. The fourth-order valence-electron chi connectivity index (χ4n) is 6.08. The lowest BCUT2D eigenvalue weighted by Gasteiger charge is -2.38. The van der Waals surface area contributed by atoms with Crippen molar-refractivity contribution in [3.8, 4) is 28.5 Å². The molecule has 1 aliphatic rings. The molecular formula is C29H40N4O2Si. The standard InChI is InChI=1S/C29H40N4O2Si/c1-9-24-23-18-22(13-14-26(23)33(31-24)27-12-10-11-16-35-27)28-25(30-32(8)29(28)34)15-17-36(19(2)3,20(4)5)21(6)7/h9,13-14,18-21,27,34H,1,10-12,16H2,2-8H3. The van der Waals surface area contributed by atoms with E-state index < -0.39 is 8.07 Å². The minimum absolute atomic E-state index is 0.0600. The molecule has 6 nitrogen and oxygen atoms in total. The van der Waals surface area contributed by atoms with Gasteiger partial charge in [-0.2, -0.15) is 10.2 Å². The highest BCUT2D eigenvalue weighted by Gasteiger charge is 2.41. The molecule has 0 radical (unpaired) electrons. The van der Waals surface area contributed by atoms with Crippen molar-refractivity contribution in [2.75, 3.05) is 6.61 Å². The van der Waals surface area contributed by atoms with Crippen molar-refractivity contribution in [3.63, 3.8) is 0 Å². The number of rotatable bonds is 6. The van der Waals surface area contributed by atoms with Crippen molar-refractivity contribution in [3.05, 3.63) is 36.2 Å².